The molecule has 0 spiro atoms. The molecule has 3 aromatic rings. The number of aromatic nitrogens is 4. The SMILES string of the molecule is [B]C([B])(COc1ccn(-c2ccc(C(=O)NSc3cccc(NCCC[C@@H]4CN(C(=O)OC(C)(C)C)C(C)(C)C4)n3)c(Cl)n2)n1)C([B])([B])C1(C(F)(F)F)CC1. The number of carbonyl (C=O) groups is 2. The van der Waals surface area contributed by atoms with Crippen LogP contribution in [0.4, 0.5) is 23.8 Å². The van der Waals surface area contributed by atoms with Crippen LogP contribution < -0.4 is 14.8 Å². The number of nitrogens with one attached hydrogen (secondary N) is 2. The highest BCUT2D eigenvalue weighted by Crippen LogP contribution is 2.73. The van der Waals surface area contributed by atoms with E-state index in [0.717, 1.165) is 31.2 Å². The van der Waals surface area contributed by atoms with E-state index < -0.39 is 40.1 Å². The molecule has 4 heterocycles. The zero-order valence-electron chi connectivity index (χ0n) is 31.4. The number of alkyl halides is 3. The first-order chi connectivity index (χ1) is 25.4. The predicted molar refractivity (Wildman–Crippen MR) is 208 cm³/mol. The second-order valence-electron chi connectivity index (χ2n) is 15.8. The molecule has 1 aliphatic heterocycles. The number of nitrogens with zero attached hydrogens (tertiary/aromatic N) is 5. The predicted octanol–water partition coefficient (Wildman–Crippen LogP) is 6.61. The summed E-state index contributed by atoms with van der Waals surface area (Å²) in [7, 11) is 23.7. The Kier molecular flexibility index (Phi) is 12.3. The summed E-state index contributed by atoms with van der Waals surface area (Å²) in [4.78, 5) is 36.4. The molecule has 3 aromatic heterocycles. The molecular formula is C35H41B4ClF3N7O4S. The van der Waals surface area contributed by atoms with Gasteiger partial charge in [0.05, 0.1) is 49.0 Å². The lowest BCUT2D eigenvalue weighted by molar-refractivity contribution is -0.193. The Hall–Kier alpha value is -3.46. The average Bonchev–Trinajstić information content (AvgIpc) is 3.70. The Bertz CT molecular complexity index is 1880. The van der Waals surface area contributed by atoms with Gasteiger partial charge >= 0.3 is 12.3 Å². The van der Waals surface area contributed by atoms with Crippen molar-refractivity contribution in [2.45, 2.75) is 99.5 Å². The maximum Gasteiger partial charge on any atom is 0.410 e. The lowest BCUT2D eigenvalue weighted by Crippen LogP contribution is -2.48. The Morgan fingerprint density at radius 1 is 1.05 bits per heavy atom. The van der Waals surface area contributed by atoms with E-state index in [2.05, 4.69) is 39.0 Å². The molecule has 0 bridgehead atoms. The molecule has 286 valence electrons. The van der Waals surface area contributed by atoms with Crippen molar-refractivity contribution in [3.8, 4) is 11.7 Å². The van der Waals surface area contributed by atoms with Crippen molar-refractivity contribution in [2.24, 2.45) is 11.3 Å². The van der Waals surface area contributed by atoms with Gasteiger partial charge in [0.1, 0.15) is 21.6 Å². The molecule has 8 radical (unpaired) electrons. The second kappa shape index (κ2) is 15.8. The largest absolute Gasteiger partial charge is 0.478 e. The molecule has 0 unspecified atom stereocenters. The van der Waals surface area contributed by atoms with Crippen LogP contribution in [-0.2, 0) is 4.74 Å². The zero-order chi connectivity index (χ0) is 40.6. The van der Waals surface area contributed by atoms with Gasteiger partial charge in [-0.25, -0.2) is 19.4 Å². The van der Waals surface area contributed by atoms with Crippen LogP contribution in [0, 0.1) is 11.3 Å². The third kappa shape index (κ3) is 9.75. The molecule has 11 nitrogen and oxygen atoms in total. The van der Waals surface area contributed by atoms with Gasteiger partial charge in [0.2, 0.25) is 5.88 Å². The quantitative estimate of drug-likeness (QED) is 0.0805. The van der Waals surface area contributed by atoms with E-state index in [1.165, 1.54) is 29.1 Å². The summed E-state index contributed by atoms with van der Waals surface area (Å²) >= 11 is 7.38. The number of likely N-dealkylation sites (tertiary alicyclic amines) is 1. The highest BCUT2D eigenvalue weighted by atomic mass is 35.5. The van der Waals surface area contributed by atoms with E-state index in [0.29, 0.717) is 29.9 Å². The van der Waals surface area contributed by atoms with Crippen molar-refractivity contribution in [1.29, 1.82) is 0 Å². The fourth-order valence-corrected chi connectivity index (χ4v) is 7.43. The van der Waals surface area contributed by atoms with Crippen molar-refractivity contribution in [1.82, 2.24) is 29.4 Å². The van der Waals surface area contributed by atoms with Crippen LogP contribution in [0.2, 0.25) is 15.6 Å². The van der Waals surface area contributed by atoms with Crippen LogP contribution in [0.5, 0.6) is 5.88 Å². The minimum absolute atomic E-state index is 0.0437. The minimum atomic E-state index is -4.69. The summed E-state index contributed by atoms with van der Waals surface area (Å²) in [5.74, 6) is 0.670. The topological polar surface area (TPSA) is 124 Å². The Labute approximate surface area is 334 Å². The van der Waals surface area contributed by atoms with Crippen LogP contribution in [0.25, 0.3) is 5.82 Å². The molecular weight excluding hydrogens is 750 g/mol. The van der Waals surface area contributed by atoms with E-state index in [9.17, 15) is 22.8 Å². The third-order valence-corrected chi connectivity index (χ3v) is 10.8. The zero-order valence-corrected chi connectivity index (χ0v) is 32.9. The third-order valence-electron chi connectivity index (χ3n) is 9.83. The number of halogens is 4. The Morgan fingerprint density at radius 2 is 1.76 bits per heavy atom. The van der Waals surface area contributed by atoms with Crippen LogP contribution in [-0.4, -0.2) is 105 Å². The normalized spacial score (nSPS) is 18.1. The van der Waals surface area contributed by atoms with E-state index in [4.69, 9.17) is 52.5 Å². The molecule has 2 amide bonds. The summed E-state index contributed by atoms with van der Waals surface area (Å²) in [6.45, 7) is 10.4. The molecule has 2 N–H and O–H groups in total. The number of rotatable bonds is 14. The smallest absolute Gasteiger partial charge is 0.410 e. The van der Waals surface area contributed by atoms with Crippen molar-refractivity contribution in [3.05, 3.63) is 53.3 Å². The molecule has 1 saturated heterocycles. The molecule has 1 atom stereocenters. The Morgan fingerprint density at radius 3 is 2.40 bits per heavy atom. The van der Waals surface area contributed by atoms with Gasteiger partial charge in [-0.15, -0.1) is 5.10 Å². The summed E-state index contributed by atoms with van der Waals surface area (Å²) in [5.41, 5.74) is -3.14. The van der Waals surface area contributed by atoms with Gasteiger partial charge in [-0.05, 0) is 96.9 Å². The van der Waals surface area contributed by atoms with Crippen LogP contribution in [0.15, 0.2) is 47.6 Å². The molecule has 1 saturated carbocycles. The number of amides is 2. The highest BCUT2D eigenvalue weighted by Gasteiger charge is 2.71. The Balaban J connectivity index is 1.08. The first-order valence-corrected chi connectivity index (χ1v) is 18.9. The molecule has 20 heteroatoms. The summed E-state index contributed by atoms with van der Waals surface area (Å²) < 4.78 is 56.2. The number of pyridine rings is 2. The average molecular weight is 792 g/mol. The number of anilines is 1. The van der Waals surface area contributed by atoms with Crippen LogP contribution in [0.3, 0.4) is 0 Å². The van der Waals surface area contributed by atoms with Gasteiger partial charge in [0.15, 0.2) is 5.82 Å². The lowest BCUT2D eigenvalue weighted by atomic mass is 9.26. The second-order valence-corrected chi connectivity index (χ2v) is 17.0. The highest BCUT2D eigenvalue weighted by molar-refractivity contribution is 7.97. The van der Waals surface area contributed by atoms with Gasteiger partial charge in [-0.3, -0.25) is 9.52 Å². The van der Waals surface area contributed by atoms with Crippen molar-refractivity contribution >= 4 is 72.8 Å². The maximum absolute atomic E-state index is 13.7. The van der Waals surface area contributed by atoms with Crippen LogP contribution in [0.1, 0.15) is 77.1 Å². The number of hydrogen-bond acceptors (Lipinski definition) is 9. The number of carbonyl (C=O) groups excluding carboxylic acids is 2. The van der Waals surface area contributed by atoms with Gasteiger partial charge in [-0.2, -0.15) is 13.2 Å². The van der Waals surface area contributed by atoms with Gasteiger partial charge in [0, 0.05) is 42.8 Å². The minimum Gasteiger partial charge on any atom is -0.478 e. The standard InChI is InChI=1S/C35H41B4ClF3N7O4S/c1-30(2,3)54-29(52)49-19-21(18-31(49,4)5)8-7-16-44-23-9-6-10-26(45-23)55-48-28(51)22-11-12-24(46-27(22)40)50-17-13-25(47-50)53-20-33(36,37)34(38,39)32(14-15-32)35(41,42)43/h6,9-13,17,21H,7-8,14-16,18-20H2,1-5H3,(H,44,45)(H,48,51)/t21-/m0/s1. The van der Waals surface area contributed by atoms with E-state index in [1.807, 2.05) is 37.8 Å². The monoisotopic (exact) mass is 791 g/mol. The van der Waals surface area contributed by atoms with Crippen molar-refractivity contribution in [3.63, 3.8) is 0 Å². The summed E-state index contributed by atoms with van der Waals surface area (Å²) in [6.07, 6.45) is -1.40. The first-order valence-electron chi connectivity index (χ1n) is 17.7. The summed E-state index contributed by atoms with van der Waals surface area (Å²) in [6, 6.07) is 9.77. The molecule has 1 aliphatic carbocycles. The van der Waals surface area contributed by atoms with Gasteiger partial charge < -0.3 is 19.7 Å². The lowest BCUT2D eigenvalue weighted by Gasteiger charge is -2.50. The molecule has 2 fully saturated rings. The fraction of sp³-hybridized carbons (Fsp3) is 0.571. The van der Waals surface area contributed by atoms with E-state index >= 15 is 0 Å². The van der Waals surface area contributed by atoms with E-state index in [1.54, 1.807) is 6.07 Å². The maximum atomic E-state index is 13.7. The summed E-state index contributed by atoms with van der Waals surface area (Å²) in [5, 5.41) is 3.17. The van der Waals surface area contributed by atoms with E-state index in [-0.39, 0.29) is 46.9 Å². The number of ether oxygens (including phenoxy) is 2. The molecule has 55 heavy (non-hydrogen) atoms. The van der Waals surface area contributed by atoms with Gasteiger partial charge in [-0.1, -0.05) is 28.1 Å². The molecule has 2 aliphatic rings. The fourth-order valence-electron chi connectivity index (χ4n) is 6.60. The van der Waals surface area contributed by atoms with Gasteiger partial charge in [0.25, 0.3) is 5.91 Å². The first kappa shape index (κ1) is 42.7. The van der Waals surface area contributed by atoms with Crippen molar-refractivity contribution in [2.75, 3.05) is 25.0 Å². The van der Waals surface area contributed by atoms with Crippen LogP contribution >= 0.6 is 23.5 Å². The number of hydrogen-bond donors (Lipinski definition) is 2. The van der Waals surface area contributed by atoms with Crippen molar-refractivity contribution < 1.29 is 32.2 Å². The molecule has 0 aromatic carbocycles. The molecule has 5 rings (SSSR count).